The van der Waals surface area contributed by atoms with Gasteiger partial charge in [0.25, 0.3) is 0 Å². The van der Waals surface area contributed by atoms with Crippen molar-refractivity contribution in [3.05, 3.63) is 167 Å². The molecule has 1 saturated carbocycles. The molecule has 7 aromatic rings. The third kappa shape index (κ3) is 4.73. The molecule has 1 fully saturated rings. The minimum absolute atomic E-state index is 0.0197. The van der Waals surface area contributed by atoms with Crippen molar-refractivity contribution in [2.75, 3.05) is 0 Å². The standard InChI is InChI=1S/C55H44N2OS/c1-54(2)43-23-14-19-34(48(43)41-31-45-39(30-44(41)54)35-17-7-9-22-42(35)55(45)27-11-4-12-28-55)33-25-26-46-40(29-33)36-20-13-21-38(51(36)58-46)52-56-50(32-15-5-3-6-16-32)49-37-18-8-10-24-47(37)59-53(49)57-52/h3,5-10,13-23,25-26,29,31,44,47H,4,11-12,24,27-28,30H2,1-2H3. The first-order valence-electron chi connectivity index (χ1n) is 21.6. The van der Waals surface area contributed by atoms with Crippen LogP contribution in [0.3, 0.4) is 0 Å². The Balaban J connectivity index is 0.956. The number of fused-ring (bicyclic) bond motifs is 13. The molecule has 286 valence electrons. The molecule has 1 spiro atoms. The lowest BCUT2D eigenvalue weighted by molar-refractivity contribution is 0.348. The van der Waals surface area contributed by atoms with E-state index in [1.807, 2.05) is 11.8 Å². The number of hydrogen-bond acceptors (Lipinski definition) is 4. The summed E-state index contributed by atoms with van der Waals surface area (Å²) in [5.74, 6) is 1.15. The summed E-state index contributed by atoms with van der Waals surface area (Å²) in [4.78, 5) is 10.7. The fraction of sp³-hybridized carbons (Fsp3) is 0.236. The zero-order valence-corrected chi connectivity index (χ0v) is 34.3. The van der Waals surface area contributed by atoms with E-state index >= 15 is 0 Å². The Kier molecular flexibility index (Phi) is 7.19. The Labute approximate surface area is 349 Å². The molecule has 0 bridgehead atoms. The monoisotopic (exact) mass is 780 g/mol. The van der Waals surface area contributed by atoms with Crippen LogP contribution in [-0.2, 0) is 10.8 Å². The lowest BCUT2D eigenvalue weighted by Gasteiger charge is -2.39. The van der Waals surface area contributed by atoms with Crippen molar-refractivity contribution >= 4 is 50.4 Å². The zero-order valence-electron chi connectivity index (χ0n) is 33.5. The fourth-order valence-corrected chi connectivity index (χ4v) is 13.4. The molecule has 3 heterocycles. The van der Waals surface area contributed by atoms with E-state index in [9.17, 15) is 0 Å². The van der Waals surface area contributed by atoms with Crippen LogP contribution >= 0.6 is 11.8 Å². The third-order valence-corrected chi connectivity index (χ3v) is 16.2. The summed E-state index contributed by atoms with van der Waals surface area (Å²) >= 11 is 1.86. The van der Waals surface area contributed by atoms with Gasteiger partial charge in [-0.25, -0.2) is 9.97 Å². The van der Waals surface area contributed by atoms with Gasteiger partial charge in [-0.05, 0) is 111 Å². The van der Waals surface area contributed by atoms with Crippen molar-refractivity contribution in [2.24, 2.45) is 5.92 Å². The predicted molar refractivity (Wildman–Crippen MR) is 244 cm³/mol. The lowest BCUT2D eigenvalue weighted by Crippen LogP contribution is -2.30. The van der Waals surface area contributed by atoms with E-state index in [0.717, 1.165) is 56.6 Å². The number of hydrogen-bond donors (Lipinski definition) is 0. The highest BCUT2D eigenvalue weighted by atomic mass is 32.2. The molecule has 2 aromatic heterocycles. The van der Waals surface area contributed by atoms with Crippen molar-refractivity contribution in [2.45, 2.75) is 79.9 Å². The average molecular weight is 781 g/mol. The quantitative estimate of drug-likeness (QED) is 0.167. The maximum atomic E-state index is 6.82. The minimum atomic E-state index is 0.0197. The number of furan rings is 1. The van der Waals surface area contributed by atoms with E-state index in [2.05, 4.69) is 147 Å². The molecule has 2 atom stereocenters. The molecule has 3 nitrogen and oxygen atoms in total. The van der Waals surface area contributed by atoms with E-state index in [1.165, 1.54) is 71.1 Å². The number of benzene rings is 5. The summed E-state index contributed by atoms with van der Waals surface area (Å²) in [6.07, 6.45) is 18.0. The maximum absolute atomic E-state index is 6.82. The second-order valence-electron chi connectivity index (χ2n) is 18.2. The Bertz CT molecular complexity index is 3100. The van der Waals surface area contributed by atoms with Crippen molar-refractivity contribution < 1.29 is 4.42 Å². The van der Waals surface area contributed by atoms with Gasteiger partial charge >= 0.3 is 0 Å². The summed E-state index contributed by atoms with van der Waals surface area (Å²) in [5, 5.41) is 3.65. The smallest absolute Gasteiger partial charge is 0.164 e. The highest BCUT2D eigenvalue weighted by Gasteiger charge is 2.52. The van der Waals surface area contributed by atoms with Gasteiger partial charge in [0.2, 0.25) is 0 Å². The number of nitrogens with zero attached hydrogens (tertiary/aromatic N) is 2. The van der Waals surface area contributed by atoms with Crippen LogP contribution in [0.4, 0.5) is 0 Å². The number of para-hydroxylation sites is 1. The van der Waals surface area contributed by atoms with Gasteiger partial charge < -0.3 is 4.42 Å². The zero-order chi connectivity index (χ0) is 39.0. The minimum Gasteiger partial charge on any atom is -0.455 e. The number of rotatable bonds is 3. The van der Waals surface area contributed by atoms with Gasteiger partial charge in [0, 0.05) is 32.6 Å². The third-order valence-electron chi connectivity index (χ3n) is 14.9. The summed E-state index contributed by atoms with van der Waals surface area (Å²) in [6, 6.07) is 40.4. The Morgan fingerprint density at radius 2 is 1.49 bits per heavy atom. The molecule has 5 aliphatic carbocycles. The van der Waals surface area contributed by atoms with Crippen LogP contribution in [0.5, 0.6) is 0 Å². The number of allylic oxidation sites excluding steroid dienone is 7. The molecule has 1 aliphatic heterocycles. The Morgan fingerprint density at radius 1 is 0.695 bits per heavy atom. The Morgan fingerprint density at radius 3 is 2.39 bits per heavy atom. The SMILES string of the molecule is CC1(C)c2cccc(-c3ccc4oc5c(-c6nc7c(c(-c8ccccc8)n6)C6=CC=CCC6S7)cccc5c4c3)c2C2=CC3=C(CC21)c1ccccc1C31CCCCC1. The second kappa shape index (κ2) is 12.4. The van der Waals surface area contributed by atoms with Crippen molar-refractivity contribution in [3.8, 4) is 33.8 Å². The van der Waals surface area contributed by atoms with Gasteiger partial charge in [-0.3, -0.25) is 0 Å². The molecule has 6 aliphatic rings. The van der Waals surface area contributed by atoms with E-state index in [0.29, 0.717) is 17.0 Å². The molecular weight excluding hydrogens is 737 g/mol. The van der Waals surface area contributed by atoms with Crippen LogP contribution in [0.15, 0.2) is 149 Å². The lowest BCUT2D eigenvalue weighted by atomic mass is 9.64. The van der Waals surface area contributed by atoms with Crippen LogP contribution in [0, 0.1) is 5.92 Å². The van der Waals surface area contributed by atoms with Crippen LogP contribution in [-0.4, -0.2) is 15.2 Å². The summed E-state index contributed by atoms with van der Waals surface area (Å²) in [6.45, 7) is 4.98. The largest absolute Gasteiger partial charge is 0.455 e. The van der Waals surface area contributed by atoms with E-state index in [-0.39, 0.29) is 10.8 Å². The summed E-state index contributed by atoms with van der Waals surface area (Å²) in [5.41, 5.74) is 20.8. The summed E-state index contributed by atoms with van der Waals surface area (Å²) < 4.78 is 6.82. The fourth-order valence-electron chi connectivity index (χ4n) is 12.1. The molecule has 0 saturated heterocycles. The van der Waals surface area contributed by atoms with E-state index in [4.69, 9.17) is 14.4 Å². The molecule has 59 heavy (non-hydrogen) atoms. The first kappa shape index (κ1) is 34.2. The summed E-state index contributed by atoms with van der Waals surface area (Å²) in [7, 11) is 0. The van der Waals surface area contributed by atoms with Crippen LogP contribution < -0.4 is 0 Å². The number of aromatic nitrogens is 2. The second-order valence-corrected chi connectivity index (χ2v) is 19.4. The Hall–Kier alpha value is -5.71. The highest BCUT2D eigenvalue weighted by Crippen LogP contribution is 2.64. The topological polar surface area (TPSA) is 38.9 Å². The first-order valence-corrected chi connectivity index (χ1v) is 22.5. The highest BCUT2D eigenvalue weighted by molar-refractivity contribution is 8.00. The first-order chi connectivity index (χ1) is 29.0. The number of thioether (sulfide) groups is 1. The van der Waals surface area contributed by atoms with Gasteiger partial charge in [0.15, 0.2) is 5.82 Å². The van der Waals surface area contributed by atoms with Gasteiger partial charge in [0.1, 0.15) is 16.2 Å². The van der Waals surface area contributed by atoms with Gasteiger partial charge in [-0.2, -0.15) is 0 Å². The van der Waals surface area contributed by atoms with Gasteiger partial charge in [-0.1, -0.05) is 160 Å². The molecule has 0 N–H and O–H groups in total. The van der Waals surface area contributed by atoms with Crippen LogP contribution in [0.25, 0.3) is 72.4 Å². The molecule has 0 amide bonds. The molecule has 0 radical (unpaired) electrons. The molecular formula is C55H44N2OS. The predicted octanol–water partition coefficient (Wildman–Crippen LogP) is 14.6. The van der Waals surface area contributed by atoms with Crippen molar-refractivity contribution in [1.82, 2.24) is 9.97 Å². The van der Waals surface area contributed by atoms with Crippen molar-refractivity contribution in [3.63, 3.8) is 0 Å². The van der Waals surface area contributed by atoms with Gasteiger partial charge in [0.05, 0.1) is 11.3 Å². The average Bonchev–Trinajstić information content (AvgIpc) is 3.99. The molecule has 5 aromatic carbocycles. The normalized spacial score (nSPS) is 21.5. The van der Waals surface area contributed by atoms with Crippen LogP contribution in [0.1, 0.15) is 86.6 Å². The van der Waals surface area contributed by atoms with Crippen LogP contribution in [0.2, 0.25) is 0 Å². The van der Waals surface area contributed by atoms with E-state index in [1.54, 1.807) is 22.3 Å². The van der Waals surface area contributed by atoms with Gasteiger partial charge in [-0.15, -0.1) is 0 Å². The van der Waals surface area contributed by atoms with E-state index < -0.39 is 0 Å². The molecule has 2 unspecified atom stereocenters. The molecule has 13 rings (SSSR count). The maximum Gasteiger partial charge on any atom is 0.164 e. The van der Waals surface area contributed by atoms with Crippen molar-refractivity contribution in [1.29, 1.82) is 0 Å². The molecule has 4 heteroatoms.